The van der Waals surface area contributed by atoms with Crippen LogP contribution in [-0.2, 0) is 22.4 Å². The van der Waals surface area contributed by atoms with Crippen molar-refractivity contribution in [2.24, 2.45) is 0 Å². The fourth-order valence-corrected chi connectivity index (χ4v) is 5.11. The summed E-state index contributed by atoms with van der Waals surface area (Å²) in [5.74, 6) is 1.30. The molecule has 0 spiro atoms. The minimum absolute atomic E-state index is 0.0112. The number of nitrogens with zero attached hydrogens (tertiary/aromatic N) is 1. The molecular formula is C29H27NO4. The predicted octanol–water partition coefficient (Wildman–Crippen LogP) is 5.56. The van der Waals surface area contributed by atoms with E-state index in [4.69, 9.17) is 14.2 Å². The fraction of sp³-hybridized carbons (Fsp3) is 0.310. The summed E-state index contributed by atoms with van der Waals surface area (Å²) in [5.41, 5.74) is 7.75. The van der Waals surface area contributed by atoms with E-state index >= 15 is 0 Å². The van der Waals surface area contributed by atoms with Crippen LogP contribution >= 0.6 is 0 Å². The Labute approximate surface area is 199 Å². The lowest BCUT2D eigenvalue weighted by atomic mass is 9.91. The number of ether oxygens (including phenoxy) is 3. The number of carbonyl (C=O) groups excluding carboxylic acids is 1. The van der Waals surface area contributed by atoms with E-state index in [-0.39, 0.29) is 18.0 Å². The molecule has 1 aliphatic heterocycles. The molecule has 5 heteroatoms. The van der Waals surface area contributed by atoms with E-state index in [2.05, 4.69) is 31.2 Å². The number of fused-ring (bicyclic) bond motifs is 2. The molecule has 0 saturated carbocycles. The summed E-state index contributed by atoms with van der Waals surface area (Å²) < 4.78 is 17.1. The topological polar surface area (TPSA) is 68.6 Å². The first-order chi connectivity index (χ1) is 16.6. The molecule has 1 aliphatic carbocycles. The van der Waals surface area contributed by atoms with Gasteiger partial charge in [0.2, 0.25) is 0 Å². The van der Waals surface area contributed by atoms with Crippen LogP contribution in [0, 0.1) is 18.3 Å². The van der Waals surface area contributed by atoms with Crippen molar-refractivity contribution >= 4 is 5.97 Å². The van der Waals surface area contributed by atoms with Crippen molar-refractivity contribution in [3.8, 4) is 17.6 Å². The van der Waals surface area contributed by atoms with Crippen LogP contribution in [0.4, 0.5) is 0 Å². The second-order valence-electron chi connectivity index (χ2n) is 9.01. The summed E-state index contributed by atoms with van der Waals surface area (Å²) in [6.45, 7) is 2.58. The second-order valence-corrected chi connectivity index (χ2v) is 9.01. The number of methoxy groups -OCH3 is 1. The SMILES string of the molecule is COC(=O)CC1COc2cc(OC3CCc4c3ccc(C#N)c4Cc3ccccc3C)ccc21. The van der Waals surface area contributed by atoms with Crippen molar-refractivity contribution in [3.05, 3.63) is 93.5 Å². The van der Waals surface area contributed by atoms with Gasteiger partial charge in [-0.1, -0.05) is 36.4 Å². The Balaban J connectivity index is 1.38. The number of nitriles is 1. The van der Waals surface area contributed by atoms with Gasteiger partial charge in [0, 0.05) is 17.5 Å². The van der Waals surface area contributed by atoms with E-state index in [9.17, 15) is 10.1 Å². The molecule has 2 unspecified atom stereocenters. The van der Waals surface area contributed by atoms with Gasteiger partial charge in [-0.3, -0.25) is 4.79 Å². The molecule has 0 saturated heterocycles. The number of esters is 1. The highest BCUT2D eigenvalue weighted by Crippen LogP contribution is 2.42. The summed E-state index contributed by atoms with van der Waals surface area (Å²) in [7, 11) is 1.40. The molecule has 3 aromatic rings. The van der Waals surface area contributed by atoms with Crippen LogP contribution in [-0.4, -0.2) is 19.7 Å². The van der Waals surface area contributed by atoms with Crippen LogP contribution in [0.15, 0.2) is 54.6 Å². The lowest BCUT2D eigenvalue weighted by molar-refractivity contribution is -0.141. The fourth-order valence-electron chi connectivity index (χ4n) is 5.11. The minimum Gasteiger partial charge on any atom is -0.492 e. The third-order valence-electron chi connectivity index (χ3n) is 7.00. The average molecular weight is 454 g/mol. The van der Waals surface area contributed by atoms with Crippen molar-refractivity contribution in [2.45, 2.75) is 44.6 Å². The van der Waals surface area contributed by atoms with Gasteiger partial charge in [-0.2, -0.15) is 5.26 Å². The van der Waals surface area contributed by atoms with Gasteiger partial charge < -0.3 is 14.2 Å². The lowest BCUT2D eigenvalue weighted by Crippen LogP contribution is -2.09. The number of carbonyl (C=O) groups is 1. The van der Waals surface area contributed by atoms with Gasteiger partial charge in [0.1, 0.15) is 17.6 Å². The highest BCUT2D eigenvalue weighted by molar-refractivity contribution is 5.71. The van der Waals surface area contributed by atoms with E-state index in [0.29, 0.717) is 13.0 Å². The Bertz CT molecular complexity index is 1290. The van der Waals surface area contributed by atoms with Gasteiger partial charge in [-0.05, 0) is 66.1 Å². The molecule has 0 radical (unpaired) electrons. The van der Waals surface area contributed by atoms with Crippen LogP contribution in [0.5, 0.6) is 11.5 Å². The number of hydrogen-bond acceptors (Lipinski definition) is 5. The van der Waals surface area contributed by atoms with Gasteiger partial charge in [0.15, 0.2) is 0 Å². The summed E-state index contributed by atoms with van der Waals surface area (Å²) in [4.78, 5) is 11.7. The van der Waals surface area contributed by atoms with Crippen LogP contribution in [0.3, 0.4) is 0 Å². The van der Waals surface area contributed by atoms with Gasteiger partial charge in [0.25, 0.3) is 0 Å². The smallest absolute Gasteiger partial charge is 0.306 e. The molecular weight excluding hydrogens is 426 g/mol. The Morgan fingerprint density at radius 3 is 2.76 bits per heavy atom. The molecule has 2 aliphatic rings. The van der Waals surface area contributed by atoms with E-state index in [1.807, 2.05) is 36.4 Å². The highest BCUT2D eigenvalue weighted by atomic mass is 16.5. The molecule has 2 atom stereocenters. The maximum absolute atomic E-state index is 11.7. The highest BCUT2D eigenvalue weighted by Gasteiger charge is 2.30. The molecule has 0 aromatic heterocycles. The molecule has 172 valence electrons. The van der Waals surface area contributed by atoms with Crippen LogP contribution < -0.4 is 9.47 Å². The zero-order valence-corrected chi connectivity index (χ0v) is 19.5. The Morgan fingerprint density at radius 2 is 1.97 bits per heavy atom. The maximum Gasteiger partial charge on any atom is 0.306 e. The minimum atomic E-state index is -0.234. The summed E-state index contributed by atoms with van der Waals surface area (Å²) in [6, 6.07) is 20.6. The maximum atomic E-state index is 11.7. The normalized spacial score (nSPS) is 17.9. The average Bonchev–Trinajstić information content (AvgIpc) is 3.44. The van der Waals surface area contributed by atoms with Crippen LogP contribution in [0.2, 0.25) is 0 Å². The van der Waals surface area contributed by atoms with Crippen molar-refractivity contribution in [1.29, 1.82) is 5.26 Å². The summed E-state index contributed by atoms with van der Waals surface area (Å²) >= 11 is 0. The zero-order valence-electron chi connectivity index (χ0n) is 19.5. The summed E-state index contributed by atoms with van der Waals surface area (Å²) in [5, 5.41) is 9.76. The van der Waals surface area contributed by atoms with Crippen molar-refractivity contribution < 1.29 is 19.0 Å². The number of benzene rings is 3. The second kappa shape index (κ2) is 9.23. The molecule has 0 N–H and O–H groups in total. The molecule has 0 amide bonds. The van der Waals surface area contributed by atoms with Crippen LogP contribution in [0.1, 0.15) is 63.8 Å². The largest absolute Gasteiger partial charge is 0.492 e. The lowest BCUT2D eigenvalue weighted by Gasteiger charge is -2.17. The quantitative estimate of drug-likeness (QED) is 0.457. The third-order valence-corrected chi connectivity index (χ3v) is 7.00. The third kappa shape index (κ3) is 4.12. The van der Waals surface area contributed by atoms with E-state index in [1.54, 1.807) is 0 Å². The van der Waals surface area contributed by atoms with E-state index < -0.39 is 0 Å². The van der Waals surface area contributed by atoms with Crippen molar-refractivity contribution in [2.75, 3.05) is 13.7 Å². The molecule has 1 heterocycles. The Kier molecular flexibility index (Phi) is 5.98. The number of rotatable bonds is 6. The monoisotopic (exact) mass is 453 g/mol. The van der Waals surface area contributed by atoms with Gasteiger partial charge >= 0.3 is 5.97 Å². The first-order valence-corrected chi connectivity index (χ1v) is 11.7. The van der Waals surface area contributed by atoms with Crippen molar-refractivity contribution in [3.63, 3.8) is 0 Å². The van der Waals surface area contributed by atoms with Crippen LogP contribution in [0.25, 0.3) is 0 Å². The molecule has 5 nitrogen and oxygen atoms in total. The van der Waals surface area contributed by atoms with Gasteiger partial charge in [-0.15, -0.1) is 0 Å². The van der Waals surface area contributed by atoms with Crippen molar-refractivity contribution in [1.82, 2.24) is 0 Å². The first-order valence-electron chi connectivity index (χ1n) is 11.7. The molecule has 5 rings (SSSR count). The standard InChI is InChI=1S/C29H27NO4/c1-18-5-3-4-6-19(18)13-26-20(16-30)7-9-25-24(26)11-12-27(25)34-22-8-10-23-21(14-29(31)32-2)17-33-28(23)15-22/h3-10,15,21,27H,11-14,17H2,1-2H3. The van der Waals surface area contributed by atoms with Gasteiger partial charge in [0.05, 0.1) is 31.8 Å². The summed E-state index contributed by atoms with van der Waals surface area (Å²) in [6.07, 6.45) is 2.75. The van der Waals surface area contributed by atoms with Gasteiger partial charge in [-0.25, -0.2) is 0 Å². The number of hydrogen-bond donors (Lipinski definition) is 0. The molecule has 3 aromatic carbocycles. The first kappa shape index (κ1) is 22.0. The Morgan fingerprint density at radius 1 is 1.15 bits per heavy atom. The predicted molar refractivity (Wildman–Crippen MR) is 128 cm³/mol. The zero-order chi connectivity index (χ0) is 23.7. The molecule has 34 heavy (non-hydrogen) atoms. The molecule has 0 fully saturated rings. The van der Waals surface area contributed by atoms with E-state index in [0.717, 1.165) is 53.0 Å². The molecule has 0 bridgehead atoms. The number of aryl methyl sites for hydroxylation is 1. The Hall–Kier alpha value is -3.78. The van der Waals surface area contributed by atoms with E-state index in [1.165, 1.54) is 23.8 Å².